The van der Waals surface area contributed by atoms with Gasteiger partial charge in [-0.3, -0.25) is 0 Å². The number of carbonyl (C=O) groups is 2. The number of methoxy groups -OCH3 is 1. The molecule has 0 spiro atoms. The van der Waals surface area contributed by atoms with Crippen molar-refractivity contribution in [1.29, 1.82) is 0 Å². The Bertz CT molecular complexity index is 231. The number of ether oxygens (including phenoxy) is 1. The van der Waals surface area contributed by atoms with Crippen LogP contribution in [0.1, 0.15) is 20.3 Å². The lowest BCUT2D eigenvalue weighted by atomic mass is 10.1. The molecule has 94 valence electrons. The molecule has 0 aromatic heterocycles. The molecule has 3 N–H and O–H groups in total. The minimum atomic E-state index is -1.09. The van der Waals surface area contributed by atoms with Gasteiger partial charge in [-0.15, -0.1) is 0 Å². The Morgan fingerprint density at radius 2 is 1.94 bits per heavy atom. The van der Waals surface area contributed by atoms with Crippen molar-refractivity contribution in [2.24, 2.45) is 5.92 Å². The molecular formula is C10H20N2O4. The number of nitrogens with one attached hydrogen (secondary N) is 2. The molecule has 0 aliphatic carbocycles. The maximum atomic E-state index is 11.2. The summed E-state index contributed by atoms with van der Waals surface area (Å²) in [5.74, 6) is -0.573. The molecule has 0 saturated heterocycles. The van der Waals surface area contributed by atoms with Gasteiger partial charge in [-0.25, -0.2) is 9.59 Å². The van der Waals surface area contributed by atoms with Crippen LogP contribution in [0, 0.1) is 5.92 Å². The van der Waals surface area contributed by atoms with E-state index in [0.29, 0.717) is 12.5 Å². The van der Waals surface area contributed by atoms with E-state index in [9.17, 15) is 9.59 Å². The monoisotopic (exact) mass is 232 g/mol. The van der Waals surface area contributed by atoms with E-state index in [1.54, 1.807) is 0 Å². The highest BCUT2D eigenvalue weighted by atomic mass is 16.5. The van der Waals surface area contributed by atoms with Gasteiger partial charge in [0, 0.05) is 13.7 Å². The normalized spacial score (nSPS) is 12.2. The van der Waals surface area contributed by atoms with Crippen molar-refractivity contribution in [3.05, 3.63) is 0 Å². The molecule has 16 heavy (non-hydrogen) atoms. The fourth-order valence-corrected chi connectivity index (χ4v) is 0.994. The molecule has 0 aliphatic heterocycles. The van der Waals surface area contributed by atoms with Crippen molar-refractivity contribution in [3.63, 3.8) is 0 Å². The molecular weight excluding hydrogens is 212 g/mol. The molecule has 0 radical (unpaired) electrons. The number of hydrogen-bond acceptors (Lipinski definition) is 3. The van der Waals surface area contributed by atoms with Gasteiger partial charge >= 0.3 is 12.0 Å². The Balaban J connectivity index is 3.67. The van der Waals surface area contributed by atoms with E-state index >= 15 is 0 Å². The predicted octanol–water partition coefficient (Wildman–Crippen LogP) is 0.431. The van der Waals surface area contributed by atoms with E-state index in [-0.39, 0.29) is 12.6 Å². The summed E-state index contributed by atoms with van der Waals surface area (Å²) < 4.78 is 4.66. The third kappa shape index (κ3) is 7.05. The van der Waals surface area contributed by atoms with E-state index in [4.69, 9.17) is 5.11 Å². The van der Waals surface area contributed by atoms with E-state index < -0.39 is 12.1 Å². The van der Waals surface area contributed by atoms with Gasteiger partial charge in [0.15, 0.2) is 6.10 Å². The van der Waals surface area contributed by atoms with E-state index in [2.05, 4.69) is 29.2 Å². The second kappa shape index (κ2) is 7.92. The summed E-state index contributed by atoms with van der Waals surface area (Å²) in [7, 11) is 1.29. The molecule has 0 heterocycles. The Morgan fingerprint density at radius 1 is 1.31 bits per heavy atom. The van der Waals surface area contributed by atoms with E-state index in [0.717, 1.165) is 6.42 Å². The SMILES string of the molecule is COC(CNC(=O)NCCC(C)C)C(=O)O. The molecule has 0 aromatic rings. The van der Waals surface area contributed by atoms with Gasteiger partial charge in [-0.2, -0.15) is 0 Å². The summed E-state index contributed by atoms with van der Waals surface area (Å²) in [6.45, 7) is 4.66. The van der Waals surface area contributed by atoms with Crippen molar-refractivity contribution in [2.75, 3.05) is 20.2 Å². The summed E-state index contributed by atoms with van der Waals surface area (Å²) in [5, 5.41) is 13.7. The number of rotatable bonds is 7. The van der Waals surface area contributed by atoms with Gasteiger partial charge in [0.05, 0.1) is 6.54 Å². The first-order valence-corrected chi connectivity index (χ1v) is 5.24. The summed E-state index contributed by atoms with van der Waals surface area (Å²) in [6, 6.07) is -0.371. The second-order valence-electron chi connectivity index (χ2n) is 3.88. The zero-order valence-electron chi connectivity index (χ0n) is 9.95. The lowest BCUT2D eigenvalue weighted by Crippen LogP contribution is -2.43. The lowest BCUT2D eigenvalue weighted by molar-refractivity contribution is -0.147. The lowest BCUT2D eigenvalue weighted by Gasteiger charge is -2.12. The van der Waals surface area contributed by atoms with Crippen LogP contribution in [0.15, 0.2) is 0 Å². The number of aliphatic carboxylic acids is 1. The van der Waals surface area contributed by atoms with Gasteiger partial charge in [-0.1, -0.05) is 13.8 Å². The number of amides is 2. The van der Waals surface area contributed by atoms with Crippen LogP contribution < -0.4 is 10.6 Å². The smallest absolute Gasteiger partial charge is 0.334 e. The average molecular weight is 232 g/mol. The van der Waals surface area contributed by atoms with Gasteiger partial charge in [-0.05, 0) is 12.3 Å². The second-order valence-corrected chi connectivity index (χ2v) is 3.88. The molecule has 0 aromatic carbocycles. The summed E-state index contributed by atoms with van der Waals surface area (Å²) in [5.41, 5.74) is 0. The summed E-state index contributed by atoms with van der Waals surface area (Å²) in [4.78, 5) is 21.7. The summed E-state index contributed by atoms with van der Waals surface area (Å²) in [6.07, 6.45) is -0.115. The molecule has 6 heteroatoms. The van der Waals surface area contributed by atoms with Crippen LogP contribution in [0.25, 0.3) is 0 Å². The first-order chi connectivity index (χ1) is 7.47. The van der Waals surface area contributed by atoms with Crippen LogP contribution in [0.2, 0.25) is 0 Å². The van der Waals surface area contributed by atoms with Crippen LogP contribution in [-0.2, 0) is 9.53 Å². The molecule has 2 amide bonds. The van der Waals surface area contributed by atoms with Crippen molar-refractivity contribution < 1.29 is 19.4 Å². The molecule has 0 rings (SSSR count). The molecule has 0 fully saturated rings. The molecule has 1 atom stereocenters. The Kier molecular flexibility index (Phi) is 7.28. The first-order valence-electron chi connectivity index (χ1n) is 5.24. The van der Waals surface area contributed by atoms with E-state index in [1.165, 1.54) is 7.11 Å². The quantitative estimate of drug-likeness (QED) is 0.594. The average Bonchev–Trinajstić information content (AvgIpc) is 2.17. The zero-order valence-corrected chi connectivity index (χ0v) is 9.95. The van der Waals surface area contributed by atoms with Crippen molar-refractivity contribution >= 4 is 12.0 Å². The number of carboxylic acid groups (broad SMARTS) is 1. The number of carbonyl (C=O) groups excluding carboxylic acids is 1. The van der Waals surface area contributed by atoms with Crippen LogP contribution >= 0.6 is 0 Å². The number of urea groups is 1. The molecule has 0 aliphatic rings. The van der Waals surface area contributed by atoms with Crippen molar-refractivity contribution in [1.82, 2.24) is 10.6 Å². The maximum absolute atomic E-state index is 11.2. The third-order valence-corrected chi connectivity index (χ3v) is 2.02. The summed E-state index contributed by atoms with van der Waals surface area (Å²) >= 11 is 0. The van der Waals surface area contributed by atoms with Crippen LogP contribution in [0.5, 0.6) is 0 Å². The van der Waals surface area contributed by atoms with Gasteiger partial charge in [0.1, 0.15) is 0 Å². The van der Waals surface area contributed by atoms with E-state index in [1.807, 2.05) is 0 Å². The van der Waals surface area contributed by atoms with Gasteiger partial charge in [0.2, 0.25) is 0 Å². The largest absolute Gasteiger partial charge is 0.479 e. The Morgan fingerprint density at radius 3 is 2.38 bits per heavy atom. The van der Waals surface area contributed by atoms with Crippen LogP contribution in [-0.4, -0.2) is 43.4 Å². The van der Waals surface area contributed by atoms with Gasteiger partial charge < -0.3 is 20.5 Å². The third-order valence-electron chi connectivity index (χ3n) is 2.02. The minimum absolute atomic E-state index is 0.0423. The van der Waals surface area contributed by atoms with Crippen LogP contribution in [0.4, 0.5) is 4.79 Å². The van der Waals surface area contributed by atoms with Crippen molar-refractivity contribution in [3.8, 4) is 0 Å². The molecule has 0 saturated carbocycles. The van der Waals surface area contributed by atoms with Gasteiger partial charge in [0.25, 0.3) is 0 Å². The first kappa shape index (κ1) is 14.7. The number of carboxylic acids is 1. The van der Waals surface area contributed by atoms with Crippen LogP contribution in [0.3, 0.4) is 0 Å². The zero-order chi connectivity index (χ0) is 12.6. The van der Waals surface area contributed by atoms with Crippen molar-refractivity contribution in [2.45, 2.75) is 26.4 Å². The molecule has 0 bridgehead atoms. The maximum Gasteiger partial charge on any atom is 0.334 e. The fourth-order valence-electron chi connectivity index (χ4n) is 0.994. The predicted molar refractivity (Wildman–Crippen MR) is 59.3 cm³/mol. The standard InChI is InChI=1S/C10H20N2O4/c1-7(2)4-5-11-10(15)12-6-8(16-3)9(13)14/h7-8H,4-6H2,1-3H3,(H,13,14)(H2,11,12,15). The molecule has 1 unspecified atom stereocenters. The Labute approximate surface area is 95.4 Å². The molecule has 6 nitrogen and oxygen atoms in total. The highest BCUT2D eigenvalue weighted by molar-refractivity contribution is 5.76. The topological polar surface area (TPSA) is 87.7 Å². The Hall–Kier alpha value is -1.30. The highest BCUT2D eigenvalue weighted by Gasteiger charge is 2.16. The minimum Gasteiger partial charge on any atom is -0.479 e. The highest BCUT2D eigenvalue weighted by Crippen LogP contribution is 1.96. The fraction of sp³-hybridized carbons (Fsp3) is 0.800. The number of hydrogen-bond donors (Lipinski definition) is 3.